The molecule has 0 heterocycles. The van der Waals surface area contributed by atoms with Gasteiger partial charge in [-0.25, -0.2) is 9.59 Å². The summed E-state index contributed by atoms with van der Waals surface area (Å²) in [6, 6.07) is 12.7. The predicted octanol–water partition coefficient (Wildman–Crippen LogP) is 0.691. The molecule has 0 bridgehead atoms. The third kappa shape index (κ3) is 9.49. The van der Waals surface area contributed by atoms with Crippen LogP contribution in [0.3, 0.4) is 0 Å². The van der Waals surface area contributed by atoms with Gasteiger partial charge in [-0.05, 0) is 55.0 Å². The van der Waals surface area contributed by atoms with E-state index in [1.54, 1.807) is 36.4 Å². The average molecular weight is 446 g/mol. The molecule has 1 amide bonds. The number of carbonyl (C=O) groups excluding carboxylic acids is 3. The van der Waals surface area contributed by atoms with E-state index >= 15 is 0 Å². The van der Waals surface area contributed by atoms with Crippen LogP contribution in [0.5, 0.6) is 11.5 Å². The molecule has 0 spiro atoms. The van der Waals surface area contributed by atoms with Gasteiger partial charge in [-0.2, -0.15) is 0 Å². The second-order valence-corrected chi connectivity index (χ2v) is 6.10. The molecule has 10 heteroatoms. The van der Waals surface area contributed by atoms with Gasteiger partial charge in [-0.1, -0.05) is 11.6 Å². The third-order valence-electron chi connectivity index (χ3n) is 3.58. The Hall–Kier alpha value is -2.26. The fourth-order valence-corrected chi connectivity index (χ4v) is 2.23. The molecular weight excluding hydrogens is 425 g/mol. The Bertz CT molecular complexity index is 834. The van der Waals surface area contributed by atoms with Crippen molar-refractivity contribution >= 4 is 29.6 Å². The Morgan fingerprint density at radius 1 is 0.967 bits per heavy atom. The molecule has 2 aromatic rings. The van der Waals surface area contributed by atoms with Gasteiger partial charge in [0.1, 0.15) is 11.5 Å². The van der Waals surface area contributed by atoms with E-state index in [0.717, 1.165) is 0 Å². The van der Waals surface area contributed by atoms with Crippen molar-refractivity contribution in [2.24, 2.45) is 0 Å². The van der Waals surface area contributed by atoms with Crippen LogP contribution >= 0.6 is 11.6 Å². The van der Waals surface area contributed by atoms with Crippen LogP contribution in [0.1, 0.15) is 24.6 Å². The number of hydrogen-bond acceptors (Lipinski definition) is 7. The Balaban J connectivity index is 0.00000450. The first-order valence-corrected chi connectivity index (χ1v) is 9.04. The Morgan fingerprint density at radius 3 is 2.23 bits per heavy atom. The summed E-state index contributed by atoms with van der Waals surface area (Å²) in [7, 11) is 1.52. The zero-order valence-corrected chi connectivity index (χ0v) is 19.4. The van der Waals surface area contributed by atoms with Crippen LogP contribution in [0.4, 0.5) is 4.79 Å². The standard InChI is InChI=1S/C20H20ClNO7.Na.H/c1-26-16-8-4-14(5-9-16)19(24)27-13-28-20(25)22-12-2-3-18(23)29-17-10-6-15(21)7-11-17;;/h4-11H,2-3,12-13H2,1H3,(H,22,25);;/q;+1;-1. The Morgan fingerprint density at radius 2 is 1.60 bits per heavy atom. The molecule has 0 aliphatic rings. The SMILES string of the molecule is COc1ccc(C(=O)OCOC(=O)NCCCC(=O)Oc2ccc(Cl)cc2)cc1.[H-].[Na+]. The summed E-state index contributed by atoms with van der Waals surface area (Å²) in [6.45, 7) is -0.337. The fraction of sp³-hybridized carbons (Fsp3) is 0.250. The first-order chi connectivity index (χ1) is 14.0. The van der Waals surface area contributed by atoms with Gasteiger partial charge < -0.3 is 25.7 Å². The molecule has 0 aliphatic carbocycles. The summed E-state index contributed by atoms with van der Waals surface area (Å²) >= 11 is 5.75. The van der Waals surface area contributed by atoms with Crippen molar-refractivity contribution in [2.45, 2.75) is 12.8 Å². The van der Waals surface area contributed by atoms with Gasteiger partial charge in [0.15, 0.2) is 0 Å². The van der Waals surface area contributed by atoms with Crippen LogP contribution in [0.25, 0.3) is 0 Å². The van der Waals surface area contributed by atoms with Crippen LogP contribution in [-0.2, 0) is 14.3 Å². The normalized spacial score (nSPS) is 9.67. The Labute approximate surface area is 202 Å². The fourth-order valence-electron chi connectivity index (χ4n) is 2.11. The average Bonchev–Trinajstić information content (AvgIpc) is 2.73. The number of ether oxygens (including phenoxy) is 4. The molecule has 1 N–H and O–H groups in total. The minimum absolute atomic E-state index is 0. The molecule has 0 radical (unpaired) electrons. The first kappa shape index (κ1) is 25.8. The Kier molecular flexibility index (Phi) is 11.9. The van der Waals surface area contributed by atoms with E-state index in [0.29, 0.717) is 28.5 Å². The molecule has 0 unspecified atom stereocenters. The molecular formula is C20H21ClNNaO7. The smallest absolute Gasteiger partial charge is 1.00 e. The van der Waals surface area contributed by atoms with Crippen LogP contribution in [-0.4, -0.2) is 38.5 Å². The zero-order chi connectivity index (χ0) is 21.1. The minimum atomic E-state index is -0.765. The third-order valence-corrected chi connectivity index (χ3v) is 3.83. The molecule has 0 fully saturated rings. The first-order valence-electron chi connectivity index (χ1n) is 8.66. The molecule has 156 valence electrons. The number of benzene rings is 2. The number of amides is 1. The van der Waals surface area contributed by atoms with E-state index in [1.165, 1.54) is 19.2 Å². The maximum absolute atomic E-state index is 11.8. The minimum Gasteiger partial charge on any atom is -1.00 e. The summed E-state index contributed by atoms with van der Waals surface area (Å²) < 4.78 is 19.7. The van der Waals surface area contributed by atoms with Crippen LogP contribution < -0.4 is 44.3 Å². The predicted molar refractivity (Wildman–Crippen MR) is 105 cm³/mol. The monoisotopic (exact) mass is 445 g/mol. The maximum atomic E-state index is 11.8. The number of methoxy groups -OCH3 is 1. The second kappa shape index (κ2) is 13.9. The van der Waals surface area contributed by atoms with Crippen molar-refractivity contribution in [2.75, 3.05) is 20.4 Å². The van der Waals surface area contributed by atoms with Gasteiger partial charge in [-0.15, -0.1) is 0 Å². The molecule has 0 saturated carbocycles. The van der Waals surface area contributed by atoms with Crippen molar-refractivity contribution in [3.63, 3.8) is 0 Å². The summed E-state index contributed by atoms with van der Waals surface area (Å²) in [5.74, 6) is -0.0685. The van der Waals surface area contributed by atoms with Crippen molar-refractivity contribution in [1.82, 2.24) is 5.32 Å². The van der Waals surface area contributed by atoms with Crippen LogP contribution in [0, 0.1) is 0 Å². The quantitative estimate of drug-likeness (QED) is 0.199. The van der Waals surface area contributed by atoms with Crippen LogP contribution in [0.15, 0.2) is 48.5 Å². The van der Waals surface area contributed by atoms with E-state index in [9.17, 15) is 14.4 Å². The molecule has 0 atom stereocenters. The molecule has 0 aliphatic heterocycles. The van der Waals surface area contributed by atoms with Gasteiger partial charge in [0.2, 0.25) is 6.79 Å². The number of hydrogen-bond donors (Lipinski definition) is 1. The summed E-state index contributed by atoms with van der Waals surface area (Å²) in [4.78, 5) is 35.0. The topological polar surface area (TPSA) is 100 Å². The summed E-state index contributed by atoms with van der Waals surface area (Å²) in [5, 5.41) is 2.99. The number of carbonyl (C=O) groups is 3. The molecule has 30 heavy (non-hydrogen) atoms. The van der Waals surface area contributed by atoms with E-state index in [4.69, 9.17) is 30.5 Å². The largest absolute Gasteiger partial charge is 1.00 e. The van der Waals surface area contributed by atoms with E-state index in [-0.39, 0.29) is 43.9 Å². The van der Waals surface area contributed by atoms with Gasteiger partial charge in [0, 0.05) is 18.0 Å². The van der Waals surface area contributed by atoms with Crippen molar-refractivity contribution in [1.29, 1.82) is 0 Å². The van der Waals surface area contributed by atoms with Crippen molar-refractivity contribution < 1.29 is 64.3 Å². The van der Waals surface area contributed by atoms with Crippen LogP contribution in [0.2, 0.25) is 5.02 Å². The van der Waals surface area contributed by atoms with Gasteiger partial charge in [0.05, 0.1) is 12.7 Å². The number of rotatable bonds is 9. The maximum Gasteiger partial charge on any atom is 1.00 e. The molecule has 2 rings (SSSR count). The van der Waals surface area contributed by atoms with Gasteiger partial charge in [-0.3, -0.25) is 4.79 Å². The molecule has 0 aromatic heterocycles. The van der Waals surface area contributed by atoms with Crippen molar-refractivity contribution in [3.8, 4) is 11.5 Å². The molecule has 2 aromatic carbocycles. The zero-order valence-electron chi connectivity index (χ0n) is 17.7. The number of alkyl carbamates (subject to hydrolysis) is 1. The molecule has 0 saturated heterocycles. The number of halogens is 1. The molecule has 8 nitrogen and oxygen atoms in total. The van der Waals surface area contributed by atoms with E-state index in [2.05, 4.69) is 5.32 Å². The van der Waals surface area contributed by atoms with Gasteiger partial charge in [0.25, 0.3) is 0 Å². The van der Waals surface area contributed by atoms with E-state index < -0.39 is 24.8 Å². The summed E-state index contributed by atoms with van der Waals surface area (Å²) in [5.41, 5.74) is 0.300. The number of esters is 2. The van der Waals surface area contributed by atoms with Crippen molar-refractivity contribution in [3.05, 3.63) is 59.1 Å². The van der Waals surface area contributed by atoms with E-state index in [1.807, 2.05) is 0 Å². The second-order valence-electron chi connectivity index (χ2n) is 5.67. The summed E-state index contributed by atoms with van der Waals surface area (Å²) in [6.07, 6.45) is -0.304. The number of nitrogens with one attached hydrogen (secondary N) is 1. The van der Waals surface area contributed by atoms with Gasteiger partial charge >= 0.3 is 47.6 Å².